The van der Waals surface area contributed by atoms with Gasteiger partial charge < -0.3 is 27.9 Å². The fourth-order valence-electron chi connectivity index (χ4n) is 7.25. The van der Waals surface area contributed by atoms with E-state index in [1.807, 2.05) is 33.3 Å². The van der Waals surface area contributed by atoms with E-state index in [2.05, 4.69) is 166 Å². The molecule has 0 aromatic heterocycles. The average Bonchev–Trinajstić information content (AvgIpc) is 3.41. The standard InChI is InChI=1S/C68H108NO8P/c1-6-8-10-12-14-16-18-20-22-23-24-25-26-27-28-29-30-31-32-33-34-35-36-37-38-39-40-41-42-43-44-45-47-49-51-53-55-57-59-61-68(71)77-66(65-76-78(72,73)75-63-62-69(3,4)5)64-74-67(70)60-58-56-54-52-50-48-46-21-19-17-15-13-11-9-7-2/h8-11,14-17,20-22,24-25,27-28,30-31,33-34,36-37,39-40,46,50,52,56,58,66H,6-7,12-13,18-19,23,26,29,32,35,38,41-45,47-49,51,53-55,57,59-65H2,1-5H3/b10-8-,11-9-,16-14-,17-15-,22-20-,25-24-,28-27-,31-30-,34-33-,37-36-,40-39-,46-21-,52-50-,58-56-. The van der Waals surface area contributed by atoms with Gasteiger partial charge in [0.25, 0.3) is 7.82 Å². The minimum atomic E-state index is -4.67. The number of unbranched alkanes of at least 4 members (excludes halogenated alkanes) is 11. The van der Waals surface area contributed by atoms with Gasteiger partial charge in [-0.2, -0.15) is 0 Å². The fraction of sp³-hybridized carbons (Fsp3) is 0.559. The number of nitrogens with zero attached hydrogens (tertiary/aromatic N) is 1. The summed E-state index contributed by atoms with van der Waals surface area (Å²) in [5.41, 5.74) is 0. The van der Waals surface area contributed by atoms with E-state index >= 15 is 0 Å². The molecule has 0 rings (SSSR count). The van der Waals surface area contributed by atoms with Crippen LogP contribution in [0.3, 0.4) is 0 Å². The predicted octanol–water partition coefficient (Wildman–Crippen LogP) is 18.4. The summed E-state index contributed by atoms with van der Waals surface area (Å²) in [4.78, 5) is 37.7. The molecule has 0 aliphatic rings. The summed E-state index contributed by atoms with van der Waals surface area (Å²) < 4.78 is 33.9. The summed E-state index contributed by atoms with van der Waals surface area (Å²) in [6.45, 7) is 3.86. The molecule has 0 N–H and O–H groups in total. The van der Waals surface area contributed by atoms with Crippen LogP contribution in [0, 0.1) is 0 Å². The van der Waals surface area contributed by atoms with Crippen LogP contribution in [0.4, 0.5) is 0 Å². The van der Waals surface area contributed by atoms with Gasteiger partial charge in [-0.15, -0.1) is 0 Å². The molecule has 0 aromatic carbocycles. The van der Waals surface area contributed by atoms with E-state index in [0.29, 0.717) is 23.9 Å². The van der Waals surface area contributed by atoms with Crippen molar-refractivity contribution in [3.05, 3.63) is 170 Å². The first kappa shape index (κ1) is 73.4. The van der Waals surface area contributed by atoms with Crippen LogP contribution in [0.25, 0.3) is 0 Å². The third-order valence-electron chi connectivity index (χ3n) is 11.8. The number of esters is 2. The molecule has 78 heavy (non-hydrogen) atoms. The monoisotopic (exact) mass is 1100 g/mol. The molecule has 0 spiro atoms. The molecule has 0 fully saturated rings. The number of likely N-dealkylation sites (N-methyl/N-ethyl adjacent to an activating group) is 1. The van der Waals surface area contributed by atoms with Gasteiger partial charge in [0.1, 0.15) is 19.8 Å². The van der Waals surface area contributed by atoms with Crippen LogP contribution in [0.15, 0.2) is 170 Å². The number of allylic oxidation sites excluding steroid dienone is 27. The van der Waals surface area contributed by atoms with Gasteiger partial charge in [0, 0.05) is 6.42 Å². The van der Waals surface area contributed by atoms with Crippen LogP contribution < -0.4 is 4.89 Å². The minimum absolute atomic E-state index is 0.0351. The second-order valence-electron chi connectivity index (χ2n) is 20.3. The Kier molecular flexibility index (Phi) is 53.7. The van der Waals surface area contributed by atoms with Crippen LogP contribution in [-0.2, 0) is 32.7 Å². The SMILES string of the molecule is CC/C=C\C/C=C\C/C=C\C/C=C\C/C=C\C/C=C\C/C=C\C/C=C\C/C=C\CCCCCCCCCCCCCC(=O)OC(COC(=O)C/C=C\C/C=C\C/C=C\C/C=C\C/C=C\CC)COP(=O)([O-])OCC[N+](C)(C)C. The van der Waals surface area contributed by atoms with E-state index in [1.54, 1.807) is 6.08 Å². The molecular formula is C68H108NO8P. The van der Waals surface area contributed by atoms with Crippen molar-refractivity contribution in [1.82, 2.24) is 0 Å². The highest BCUT2D eigenvalue weighted by atomic mass is 31.2. The zero-order valence-corrected chi connectivity index (χ0v) is 50.4. The molecule has 0 aromatic rings. The van der Waals surface area contributed by atoms with Gasteiger partial charge in [-0.3, -0.25) is 14.2 Å². The quantitative estimate of drug-likeness (QED) is 0.0195. The maximum Gasteiger partial charge on any atom is 0.309 e. The average molecular weight is 1100 g/mol. The topological polar surface area (TPSA) is 111 Å². The van der Waals surface area contributed by atoms with E-state index in [0.717, 1.165) is 109 Å². The Bertz CT molecular complexity index is 1920. The zero-order chi connectivity index (χ0) is 57.0. The maximum atomic E-state index is 12.8. The highest BCUT2D eigenvalue weighted by Gasteiger charge is 2.21. The molecule has 0 heterocycles. The first-order valence-electron chi connectivity index (χ1n) is 29.8. The van der Waals surface area contributed by atoms with Crippen LogP contribution in [0.2, 0.25) is 0 Å². The van der Waals surface area contributed by atoms with Gasteiger partial charge in [0.05, 0.1) is 34.2 Å². The molecule has 0 aliphatic carbocycles. The normalized spacial score (nSPS) is 14.5. The lowest BCUT2D eigenvalue weighted by molar-refractivity contribution is -0.870. The van der Waals surface area contributed by atoms with Gasteiger partial charge in [0.15, 0.2) is 6.10 Å². The molecular weight excluding hydrogens is 990 g/mol. The fourth-order valence-corrected chi connectivity index (χ4v) is 7.98. The van der Waals surface area contributed by atoms with Crippen molar-refractivity contribution < 1.29 is 42.1 Å². The molecule has 0 radical (unpaired) electrons. The second kappa shape index (κ2) is 57.1. The Balaban J connectivity index is 4.16. The summed E-state index contributed by atoms with van der Waals surface area (Å²) in [6.07, 6.45) is 87.3. The van der Waals surface area contributed by atoms with Gasteiger partial charge in [-0.05, 0) is 109 Å². The number of phosphoric acid groups is 1. The number of carbonyl (C=O) groups excluding carboxylic acids is 2. The Morgan fingerprint density at radius 2 is 0.731 bits per heavy atom. The number of quaternary nitrogens is 1. The number of hydrogen-bond donors (Lipinski definition) is 0. The number of ether oxygens (including phenoxy) is 2. The lowest BCUT2D eigenvalue weighted by Gasteiger charge is -2.28. The number of carbonyl (C=O) groups is 2. The first-order chi connectivity index (χ1) is 38.0. The summed E-state index contributed by atoms with van der Waals surface area (Å²) in [7, 11) is 1.09. The highest BCUT2D eigenvalue weighted by Crippen LogP contribution is 2.38. The van der Waals surface area contributed by atoms with Crippen molar-refractivity contribution in [3.63, 3.8) is 0 Å². The van der Waals surface area contributed by atoms with Gasteiger partial charge in [-0.25, -0.2) is 0 Å². The Morgan fingerprint density at radius 3 is 1.09 bits per heavy atom. The molecule has 10 heteroatoms. The van der Waals surface area contributed by atoms with E-state index in [1.165, 1.54) is 44.9 Å². The van der Waals surface area contributed by atoms with Crippen molar-refractivity contribution in [2.75, 3.05) is 47.5 Å². The lowest BCUT2D eigenvalue weighted by Crippen LogP contribution is -2.37. The van der Waals surface area contributed by atoms with Crippen LogP contribution in [-0.4, -0.2) is 70.0 Å². The Morgan fingerprint density at radius 1 is 0.410 bits per heavy atom. The van der Waals surface area contributed by atoms with E-state index in [-0.39, 0.29) is 26.1 Å². The van der Waals surface area contributed by atoms with Crippen molar-refractivity contribution in [2.45, 2.75) is 200 Å². The molecule has 0 bridgehead atoms. The van der Waals surface area contributed by atoms with Crippen molar-refractivity contribution in [1.29, 1.82) is 0 Å². The summed E-state index contributed by atoms with van der Waals surface area (Å²) in [5, 5.41) is 0. The second-order valence-corrected chi connectivity index (χ2v) is 21.7. The molecule has 0 amide bonds. The number of rotatable bonds is 52. The largest absolute Gasteiger partial charge is 0.756 e. The van der Waals surface area contributed by atoms with Crippen LogP contribution in [0.1, 0.15) is 194 Å². The van der Waals surface area contributed by atoms with Crippen molar-refractivity contribution in [2.24, 2.45) is 0 Å². The molecule has 2 atom stereocenters. The Hall–Kier alpha value is -4.63. The van der Waals surface area contributed by atoms with Crippen molar-refractivity contribution >= 4 is 19.8 Å². The molecule has 0 saturated carbocycles. The Labute approximate surface area is 477 Å². The van der Waals surface area contributed by atoms with Gasteiger partial charge >= 0.3 is 11.9 Å². The summed E-state index contributed by atoms with van der Waals surface area (Å²) >= 11 is 0. The molecule has 2 unspecified atom stereocenters. The van der Waals surface area contributed by atoms with Gasteiger partial charge in [0.2, 0.25) is 0 Å². The molecule has 9 nitrogen and oxygen atoms in total. The maximum absolute atomic E-state index is 12.8. The zero-order valence-electron chi connectivity index (χ0n) is 49.5. The predicted molar refractivity (Wildman–Crippen MR) is 332 cm³/mol. The van der Waals surface area contributed by atoms with E-state index in [9.17, 15) is 19.0 Å². The van der Waals surface area contributed by atoms with Crippen molar-refractivity contribution in [3.8, 4) is 0 Å². The van der Waals surface area contributed by atoms with Crippen LogP contribution >= 0.6 is 7.82 Å². The third-order valence-corrected chi connectivity index (χ3v) is 12.7. The molecule has 0 aliphatic heterocycles. The number of hydrogen-bond acceptors (Lipinski definition) is 8. The van der Waals surface area contributed by atoms with Gasteiger partial charge in [-0.1, -0.05) is 242 Å². The molecule has 438 valence electrons. The first-order valence-corrected chi connectivity index (χ1v) is 31.3. The van der Waals surface area contributed by atoms with E-state index in [4.69, 9.17) is 18.5 Å². The van der Waals surface area contributed by atoms with Crippen LogP contribution in [0.5, 0.6) is 0 Å². The summed E-state index contributed by atoms with van der Waals surface area (Å²) in [5.74, 6) is -0.998. The molecule has 0 saturated heterocycles. The smallest absolute Gasteiger partial charge is 0.309 e. The lowest BCUT2D eigenvalue weighted by atomic mass is 10.0. The van der Waals surface area contributed by atoms with E-state index < -0.39 is 32.5 Å². The number of phosphoric ester groups is 1. The summed E-state index contributed by atoms with van der Waals surface area (Å²) in [6, 6.07) is 0. The third kappa shape index (κ3) is 60.6. The highest BCUT2D eigenvalue weighted by molar-refractivity contribution is 7.45. The minimum Gasteiger partial charge on any atom is -0.756 e.